The SMILES string of the molecule is CC(C)C[C@@H](CO)NCC(=O)N1CCC[C@H]1C#N. The van der Waals surface area contributed by atoms with Gasteiger partial charge in [-0.1, -0.05) is 13.8 Å². The number of nitriles is 1. The quantitative estimate of drug-likeness (QED) is 0.722. The molecule has 0 aromatic carbocycles. The largest absolute Gasteiger partial charge is 0.395 e. The molecule has 5 heteroatoms. The highest BCUT2D eigenvalue weighted by molar-refractivity contribution is 5.79. The molecule has 0 bridgehead atoms. The molecule has 1 fully saturated rings. The smallest absolute Gasteiger partial charge is 0.237 e. The van der Waals surface area contributed by atoms with Crippen LogP contribution in [0.2, 0.25) is 0 Å². The lowest BCUT2D eigenvalue weighted by Crippen LogP contribution is -2.44. The Morgan fingerprint density at radius 2 is 2.33 bits per heavy atom. The molecule has 2 N–H and O–H groups in total. The van der Waals surface area contributed by atoms with Crippen molar-refractivity contribution in [1.29, 1.82) is 5.26 Å². The Morgan fingerprint density at radius 3 is 2.89 bits per heavy atom. The molecule has 0 saturated carbocycles. The maximum atomic E-state index is 12.0. The Labute approximate surface area is 109 Å². The van der Waals surface area contributed by atoms with E-state index < -0.39 is 0 Å². The van der Waals surface area contributed by atoms with Crippen LogP contribution in [0.4, 0.5) is 0 Å². The number of carbonyl (C=O) groups is 1. The number of likely N-dealkylation sites (tertiary alicyclic amines) is 1. The van der Waals surface area contributed by atoms with Crippen molar-refractivity contribution < 1.29 is 9.90 Å². The molecule has 18 heavy (non-hydrogen) atoms. The number of aliphatic hydroxyl groups is 1. The third-order valence-electron chi connectivity index (χ3n) is 3.24. The molecule has 0 spiro atoms. The van der Waals surface area contributed by atoms with Crippen molar-refractivity contribution in [3.63, 3.8) is 0 Å². The van der Waals surface area contributed by atoms with Gasteiger partial charge in [-0.2, -0.15) is 5.26 Å². The monoisotopic (exact) mass is 253 g/mol. The van der Waals surface area contributed by atoms with Gasteiger partial charge in [0.05, 0.1) is 19.2 Å². The molecular formula is C13H23N3O2. The lowest BCUT2D eigenvalue weighted by Gasteiger charge is -2.22. The van der Waals surface area contributed by atoms with Gasteiger partial charge in [-0.05, 0) is 25.2 Å². The van der Waals surface area contributed by atoms with Gasteiger partial charge in [0.1, 0.15) is 6.04 Å². The normalized spacial score (nSPS) is 21.1. The van der Waals surface area contributed by atoms with Crippen molar-refractivity contribution in [2.45, 2.75) is 45.2 Å². The molecule has 2 atom stereocenters. The summed E-state index contributed by atoms with van der Waals surface area (Å²) in [4.78, 5) is 13.6. The summed E-state index contributed by atoms with van der Waals surface area (Å²) in [5.74, 6) is 0.435. The minimum absolute atomic E-state index is 0.0349. The first kappa shape index (κ1) is 14.9. The second-order valence-electron chi connectivity index (χ2n) is 5.26. The molecule has 0 aromatic heterocycles. The topological polar surface area (TPSA) is 76.4 Å². The summed E-state index contributed by atoms with van der Waals surface area (Å²) < 4.78 is 0. The highest BCUT2D eigenvalue weighted by atomic mass is 16.3. The molecule has 0 unspecified atom stereocenters. The standard InChI is InChI=1S/C13H23N3O2/c1-10(2)6-11(9-17)15-8-13(18)16-5-3-4-12(16)7-14/h10-12,15,17H,3-6,8-9H2,1-2H3/t11-,12-/m0/s1. The highest BCUT2D eigenvalue weighted by Crippen LogP contribution is 2.16. The number of nitrogens with zero attached hydrogens (tertiary/aromatic N) is 2. The molecule has 1 aliphatic heterocycles. The maximum absolute atomic E-state index is 12.0. The van der Waals surface area contributed by atoms with E-state index in [4.69, 9.17) is 5.26 Å². The Balaban J connectivity index is 2.38. The third-order valence-corrected chi connectivity index (χ3v) is 3.24. The summed E-state index contributed by atoms with van der Waals surface area (Å²) in [6.07, 6.45) is 2.52. The molecule has 0 aromatic rings. The van der Waals surface area contributed by atoms with Crippen molar-refractivity contribution in [3.8, 4) is 6.07 Å². The second-order valence-corrected chi connectivity index (χ2v) is 5.26. The van der Waals surface area contributed by atoms with Gasteiger partial charge < -0.3 is 15.3 Å². The van der Waals surface area contributed by atoms with Crippen molar-refractivity contribution in [1.82, 2.24) is 10.2 Å². The summed E-state index contributed by atoms with van der Waals surface area (Å²) in [5.41, 5.74) is 0. The van der Waals surface area contributed by atoms with E-state index >= 15 is 0 Å². The van der Waals surface area contributed by atoms with Crippen molar-refractivity contribution >= 4 is 5.91 Å². The van der Waals surface area contributed by atoms with Gasteiger partial charge in [0.15, 0.2) is 0 Å². The zero-order valence-electron chi connectivity index (χ0n) is 11.2. The minimum atomic E-state index is -0.267. The number of hydrogen-bond donors (Lipinski definition) is 2. The zero-order valence-corrected chi connectivity index (χ0v) is 11.2. The van der Waals surface area contributed by atoms with Gasteiger partial charge >= 0.3 is 0 Å². The van der Waals surface area contributed by atoms with Gasteiger partial charge in [-0.3, -0.25) is 4.79 Å². The number of carbonyl (C=O) groups excluding carboxylic acids is 1. The number of hydrogen-bond acceptors (Lipinski definition) is 4. The van der Waals surface area contributed by atoms with Crippen molar-refractivity contribution in [2.24, 2.45) is 5.92 Å². The minimum Gasteiger partial charge on any atom is -0.395 e. The van der Waals surface area contributed by atoms with Crippen LogP contribution in [-0.4, -0.2) is 47.7 Å². The van der Waals surface area contributed by atoms with Gasteiger partial charge in [0, 0.05) is 12.6 Å². The second kappa shape index (κ2) is 7.34. The van der Waals surface area contributed by atoms with E-state index in [9.17, 15) is 9.90 Å². The first-order valence-electron chi connectivity index (χ1n) is 6.61. The molecule has 5 nitrogen and oxygen atoms in total. The number of amides is 1. The molecule has 1 amide bonds. The van der Waals surface area contributed by atoms with Gasteiger partial charge in [-0.15, -0.1) is 0 Å². The molecule has 0 aliphatic carbocycles. The molecular weight excluding hydrogens is 230 g/mol. The van der Waals surface area contributed by atoms with Crippen LogP contribution in [0.15, 0.2) is 0 Å². The van der Waals surface area contributed by atoms with Crippen LogP contribution in [0, 0.1) is 17.2 Å². The first-order valence-corrected chi connectivity index (χ1v) is 6.61. The van der Waals surface area contributed by atoms with E-state index in [-0.39, 0.29) is 31.1 Å². The summed E-state index contributed by atoms with van der Waals surface area (Å²) in [6.45, 7) is 5.08. The van der Waals surface area contributed by atoms with Crippen LogP contribution < -0.4 is 5.32 Å². The first-order chi connectivity index (χ1) is 8.58. The molecule has 102 valence electrons. The van der Waals surface area contributed by atoms with E-state index in [1.807, 2.05) is 0 Å². The molecule has 1 rings (SSSR count). The van der Waals surface area contributed by atoms with Crippen LogP contribution in [0.3, 0.4) is 0 Å². The average Bonchev–Trinajstić information content (AvgIpc) is 2.81. The summed E-state index contributed by atoms with van der Waals surface area (Å²) in [7, 11) is 0. The van der Waals surface area contributed by atoms with E-state index in [0.717, 1.165) is 19.3 Å². The molecule has 1 saturated heterocycles. The fourth-order valence-corrected chi connectivity index (χ4v) is 2.32. The fourth-order valence-electron chi connectivity index (χ4n) is 2.32. The molecule has 0 radical (unpaired) electrons. The van der Waals surface area contributed by atoms with Crippen molar-refractivity contribution in [2.75, 3.05) is 19.7 Å². The zero-order chi connectivity index (χ0) is 13.5. The Bertz CT molecular complexity index is 312. The van der Waals surface area contributed by atoms with Crippen LogP contribution in [-0.2, 0) is 4.79 Å². The maximum Gasteiger partial charge on any atom is 0.237 e. The number of nitrogens with one attached hydrogen (secondary N) is 1. The lowest BCUT2D eigenvalue weighted by molar-refractivity contribution is -0.130. The molecule has 1 heterocycles. The number of aliphatic hydroxyl groups excluding tert-OH is 1. The van der Waals surface area contributed by atoms with Crippen molar-refractivity contribution in [3.05, 3.63) is 0 Å². The third kappa shape index (κ3) is 4.28. The average molecular weight is 253 g/mol. The van der Waals surface area contributed by atoms with E-state index in [1.165, 1.54) is 0 Å². The van der Waals surface area contributed by atoms with Gasteiger partial charge in [0.2, 0.25) is 5.91 Å². The van der Waals surface area contributed by atoms with Crippen LogP contribution in [0.5, 0.6) is 0 Å². The van der Waals surface area contributed by atoms with Crippen LogP contribution >= 0.6 is 0 Å². The Hall–Kier alpha value is -1.12. The van der Waals surface area contributed by atoms with Gasteiger partial charge in [0.25, 0.3) is 0 Å². The van der Waals surface area contributed by atoms with Gasteiger partial charge in [-0.25, -0.2) is 0 Å². The lowest BCUT2D eigenvalue weighted by atomic mass is 10.0. The van der Waals surface area contributed by atoms with E-state index in [2.05, 4.69) is 25.2 Å². The predicted octanol–water partition coefficient (Wildman–Crippen LogP) is 0.498. The van der Waals surface area contributed by atoms with E-state index in [1.54, 1.807) is 4.90 Å². The summed E-state index contributed by atoms with van der Waals surface area (Å²) >= 11 is 0. The van der Waals surface area contributed by atoms with E-state index in [0.29, 0.717) is 12.5 Å². The number of rotatable bonds is 6. The predicted molar refractivity (Wildman–Crippen MR) is 68.7 cm³/mol. The summed E-state index contributed by atoms with van der Waals surface area (Å²) in [5, 5.41) is 21.2. The fraction of sp³-hybridized carbons (Fsp3) is 0.846. The van der Waals surface area contributed by atoms with Crippen LogP contribution in [0.25, 0.3) is 0 Å². The Morgan fingerprint density at radius 1 is 1.61 bits per heavy atom. The highest BCUT2D eigenvalue weighted by Gasteiger charge is 2.28. The molecule has 1 aliphatic rings. The Kier molecular flexibility index (Phi) is 6.10. The van der Waals surface area contributed by atoms with Crippen LogP contribution in [0.1, 0.15) is 33.1 Å². The summed E-state index contributed by atoms with van der Waals surface area (Å²) in [6, 6.07) is 1.85.